The van der Waals surface area contributed by atoms with Crippen molar-refractivity contribution in [2.45, 2.75) is 6.10 Å². The zero-order chi connectivity index (χ0) is 8.84. The molecular weight excluding hydrogens is 236 g/mol. The molecule has 1 fully saturated rings. The van der Waals surface area contributed by atoms with Gasteiger partial charge in [-0.05, 0) is 12.1 Å². The van der Waals surface area contributed by atoms with Gasteiger partial charge in [0.25, 0.3) is 0 Å². The van der Waals surface area contributed by atoms with Crippen molar-refractivity contribution in [3.8, 4) is 11.5 Å². The third kappa shape index (κ3) is 1.21. The minimum absolute atomic E-state index is 0.240. The second-order valence-electron chi connectivity index (χ2n) is 3.05. The highest BCUT2D eigenvalue weighted by Crippen LogP contribution is 2.43. The second kappa shape index (κ2) is 2.62. The predicted octanol–water partition coefficient (Wildman–Crippen LogP) is 2.25. The minimum Gasteiger partial charge on any atom is -0.454 e. The Labute approximate surface area is 83.7 Å². The molecule has 1 aromatic rings. The van der Waals surface area contributed by atoms with Gasteiger partial charge < -0.3 is 14.2 Å². The van der Waals surface area contributed by atoms with Crippen molar-refractivity contribution in [2.75, 3.05) is 13.4 Å². The molecular formula is C9H7BrO3. The van der Waals surface area contributed by atoms with Gasteiger partial charge in [0.2, 0.25) is 6.79 Å². The lowest BCUT2D eigenvalue weighted by Crippen LogP contribution is -1.92. The topological polar surface area (TPSA) is 31.0 Å². The lowest BCUT2D eigenvalue weighted by molar-refractivity contribution is 0.174. The van der Waals surface area contributed by atoms with Gasteiger partial charge >= 0.3 is 0 Å². The smallest absolute Gasteiger partial charge is 0.231 e. The number of rotatable bonds is 1. The van der Waals surface area contributed by atoms with Crippen LogP contribution < -0.4 is 9.47 Å². The summed E-state index contributed by atoms with van der Waals surface area (Å²) in [6, 6.07) is 3.91. The highest BCUT2D eigenvalue weighted by atomic mass is 79.9. The Morgan fingerprint density at radius 2 is 1.92 bits per heavy atom. The highest BCUT2D eigenvalue weighted by molar-refractivity contribution is 9.10. The molecule has 68 valence electrons. The molecule has 2 heterocycles. The van der Waals surface area contributed by atoms with Gasteiger partial charge in [0, 0.05) is 10.0 Å². The maximum absolute atomic E-state index is 5.27. The van der Waals surface area contributed by atoms with Gasteiger partial charge in [0.1, 0.15) is 6.10 Å². The van der Waals surface area contributed by atoms with Crippen molar-refractivity contribution in [2.24, 2.45) is 0 Å². The van der Waals surface area contributed by atoms with Crippen molar-refractivity contribution in [3.63, 3.8) is 0 Å². The first kappa shape index (κ1) is 7.64. The Kier molecular flexibility index (Phi) is 1.54. The molecule has 1 saturated heterocycles. The van der Waals surface area contributed by atoms with E-state index in [0.29, 0.717) is 6.79 Å². The van der Waals surface area contributed by atoms with Gasteiger partial charge in [-0.1, -0.05) is 15.9 Å². The summed E-state index contributed by atoms with van der Waals surface area (Å²) >= 11 is 3.47. The van der Waals surface area contributed by atoms with E-state index in [1.54, 1.807) is 0 Å². The van der Waals surface area contributed by atoms with Gasteiger partial charge in [0.15, 0.2) is 11.5 Å². The Balaban J connectivity index is 2.10. The summed E-state index contributed by atoms with van der Waals surface area (Å²) in [6.45, 7) is 1.12. The van der Waals surface area contributed by atoms with Gasteiger partial charge in [0.05, 0.1) is 6.61 Å². The van der Waals surface area contributed by atoms with E-state index < -0.39 is 0 Å². The maximum Gasteiger partial charge on any atom is 0.231 e. The number of halogens is 1. The van der Waals surface area contributed by atoms with Crippen LogP contribution in [-0.2, 0) is 4.74 Å². The van der Waals surface area contributed by atoms with Crippen molar-refractivity contribution < 1.29 is 14.2 Å². The summed E-state index contributed by atoms with van der Waals surface area (Å²) in [5.41, 5.74) is 1.14. The Morgan fingerprint density at radius 1 is 1.23 bits per heavy atom. The van der Waals surface area contributed by atoms with E-state index in [2.05, 4.69) is 15.9 Å². The van der Waals surface area contributed by atoms with Crippen LogP contribution in [0.4, 0.5) is 0 Å². The van der Waals surface area contributed by atoms with E-state index in [9.17, 15) is 0 Å². The van der Waals surface area contributed by atoms with Crippen LogP contribution in [0.25, 0.3) is 0 Å². The van der Waals surface area contributed by atoms with Crippen molar-refractivity contribution >= 4 is 15.9 Å². The average Bonchev–Trinajstić information content (AvgIpc) is 2.85. The number of ether oxygens (including phenoxy) is 3. The van der Waals surface area contributed by atoms with E-state index >= 15 is 0 Å². The highest BCUT2D eigenvalue weighted by Gasteiger charge is 2.29. The van der Waals surface area contributed by atoms with Crippen molar-refractivity contribution in [1.29, 1.82) is 0 Å². The van der Waals surface area contributed by atoms with Crippen LogP contribution in [-0.4, -0.2) is 13.4 Å². The number of hydrogen-bond acceptors (Lipinski definition) is 3. The molecule has 3 nitrogen and oxygen atoms in total. The quantitative estimate of drug-likeness (QED) is 0.709. The predicted molar refractivity (Wildman–Crippen MR) is 49.0 cm³/mol. The largest absolute Gasteiger partial charge is 0.454 e. The van der Waals surface area contributed by atoms with Crippen LogP contribution in [0.1, 0.15) is 11.7 Å². The molecule has 1 unspecified atom stereocenters. The molecule has 0 amide bonds. The Morgan fingerprint density at radius 3 is 2.62 bits per heavy atom. The van der Waals surface area contributed by atoms with Crippen LogP contribution >= 0.6 is 15.9 Å². The fourth-order valence-corrected chi connectivity index (χ4v) is 1.99. The van der Waals surface area contributed by atoms with Gasteiger partial charge in [-0.25, -0.2) is 0 Å². The Bertz CT molecular complexity index is 360. The molecule has 2 aliphatic rings. The molecule has 0 aliphatic carbocycles. The lowest BCUT2D eigenvalue weighted by atomic mass is 10.1. The first-order valence-corrected chi connectivity index (χ1v) is 4.84. The molecule has 1 aromatic carbocycles. The van der Waals surface area contributed by atoms with E-state index in [1.807, 2.05) is 12.1 Å². The zero-order valence-electron chi connectivity index (χ0n) is 6.75. The lowest BCUT2D eigenvalue weighted by Gasteiger charge is -2.02. The fourth-order valence-electron chi connectivity index (χ4n) is 1.41. The van der Waals surface area contributed by atoms with Crippen molar-refractivity contribution in [3.05, 3.63) is 22.2 Å². The minimum atomic E-state index is 0.240. The SMILES string of the molecule is Brc1cc2c(cc1C1CO1)OCO2. The first-order valence-electron chi connectivity index (χ1n) is 4.05. The number of epoxide rings is 1. The monoisotopic (exact) mass is 242 g/mol. The molecule has 0 saturated carbocycles. The summed E-state index contributed by atoms with van der Waals surface area (Å²) < 4.78 is 16.8. The number of hydrogen-bond donors (Lipinski definition) is 0. The van der Waals surface area contributed by atoms with Crippen LogP contribution in [0.15, 0.2) is 16.6 Å². The zero-order valence-corrected chi connectivity index (χ0v) is 8.33. The summed E-state index contributed by atoms with van der Waals surface area (Å²) in [4.78, 5) is 0. The normalized spacial score (nSPS) is 23.3. The van der Waals surface area contributed by atoms with E-state index in [1.165, 1.54) is 0 Å². The van der Waals surface area contributed by atoms with E-state index in [-0.39, 0.29) is 6.10 Å². The number of fused-ring (bicyclic) bond motifs is 1. The molecule has 0 bridgehead atoms. The molecule has 2 aliphatic heterocycles. The maximum atomic E-state index is 5.27. The standard InChI is InChI=1S/C9H7BrO3/c10-6-2-8-7(12-4-13-8)1-5(6)9-3-11-9/h1-2,9H,3-4H2. The Hall–Kier alpha value is -0.740. The van der Waals surface area contributed by atoms with Crippen LogP contribution in [0, 0.1) is 0 Å². The average molecular weight is 243 g/mol. The molecule has 1 atom stereocenters. The molecule has 0 N–H and O–H groups in total. The van der Waals surface area contributed by atoms with Crippen LogP contribution in [0.3, 0.4) is 0 Å². The number of benzene rings is 1. The summed E-state index contributed by atoms with van der Waals surface area (Å²) in [5, 5.41) is 0. The molecule has 0 aromatic heterocycles. The molecule has 4 heteroatoms. The first-order chi connectivity index (χ1) is 6.34. The van der Waals surface area contributed by atoms with Crippen molar-refractivity contribution in [1.82, 2.24) is 0 Å². The molecule has 0 spiro atoms. The molecule has 0 radical (unpaired) electrons. The van der Waals surface area contributed by atoms with E-state index in [4.69, 9.17) is 14.2 Å². The summed E-state index contributed by atoms with van der Waals surface area (Å²) in [6.07, 6.45) is 0.240. The molecule has 3 rings (SSSR count). The van der Waals surface area contributed by atoms with Gasteiger partial charge in [-0.3, -0.25) is 0 Å². The summed E-state index contributed by atoms with van der Waals surface area (Å²) in [5.74, 6) is 1.62. The fraction of sp³-hybridized carbons (Fsp3) is 0.333. The third-order valence-corrected chi connectivity index (χ3v) is 2.86. The van der Waals surface area contributed by atoms with Crippen LogP contribution in [0.5, 0.6) is 11.5 Å². The molecule has 13 heavy (non-hydrogen) atoms. The van der Waals surface area contributed by atoms with Crippen LogP contribution in [0.2, 0.25) is 0 Å². The third-order valence-electron chi connectivity index (χ3n) is 2.17. The van der Waals surface area contributed by atoms with E-state index in [0.717, 1.165) is 28.1 Å². The van der Waals surface area contributed by atoms with Gasteiger partial charge in [-0.15, -0.1) is 0 Å². The van der Waals surface area contributed by atoms with Gasteiger partial charge in [-0.2, -0.15) is 0 Å². The summed E-state index contributed by atoms with van der Waals surface area (Å²) in [7, 11) is 0. The second-order valence-corrected chi connectivity index (χ2v) is 3.90.